The van der Waals surface area contributed by atoms with E-state index in [1.807, 2.05) is 0 Å². The molecule has 0 atom stereocenters. The minimum absolute atomic E-state index is 0.475. The van der Waals surface area contributed by atoms with Crippen molar-refractivity contribution < 1.29 is 14.3 Å². The Morgan fingerprint density at radius 3 is 2.18 bits per heavy atom. The van der Waals surface area contributed by atoms with Gasteiger partial charge in [0.25, 0.3) is 0 Å². The first-order valence-electron chi connectivity index (χ1n) is 3.72. The topological polar surface area (TPSA) is 49.7 Å². The molecule has 0 saturated carbocycles. The number of hydrogen-bond donors (Lipinski definition) is 2. The molecule has 0 unspecified atom stereocenters. The van der Waals surface area contributed by atoms with Crippen LogP contribution in [0.15, 0.2) is 0 Å². The van der Waals surface area contributed by atoms with Gasteiger partial charge in [0.15, 0.2) is 0 Å². The first-order valence-corrected chi connectivity index (χ1v) is 8.60. The highest BCUT2D eigenvalue weighted by Gasteiger charge is 2.12. The Labute approximate surface area is 70.4 Å². The summed E-state index contributed by atoms with van der Waals surface area (Å²) in [6, 6.07) is 1.18. The average Bonchev–Trinajstić information content (AvgIpc) is 1.78. The highest BCUT2D eigenvalue weighted by atomic mass is 31.2. The molecular formula is C6H17O3PSi. The van der Waals surface area contributed by atoms with Crippen LogP contribution in [0.4, 0.5) is 0 Å². The molecule has 0 aromatic carbocycles. The van der Waals surface area contributed by atoms with Crippen molar-refractivity contribution in [3.05, 3.63) is 0 Å². The molecule has 0 saturated heterocycles. The predicted octanol–water partition coefficient (Wildman–Crippen LogP) is 1.94. The van der Waals surface area contributed by atoms with E-state index in [0.29, 0.717) is 6.61 Å². The van der Waals surface area contributed by atoms with Gasteiger partial charge in [-0.05, 0) is 6.42 Å². The van der Waals surface area contributed by atoms with Crippen LogP contribution in [-0.2, 0) is 4.52 Å². The lowest BCUT2D eigenvalue weighted by molar-refractivity contribution is 0.255. The molecule has 0 aliphatic carbocycles. The molecule has 2 N–H and O–H groups in total. The van der Waals surface area contributed by atoms with Gasteiger partial charge in [0.1, 0.15) is 0 Å². The Morgan fingerprint density at radius 1 is 1.27 bits per heavy atom. The van der Waals surface area contributed by atoms with E-state index in [-0.39, 0.29) is 0 Å². The summed E-state index contributed by atoms with van der Waals surface area (Å²) in [5.74, 6) is 0. The molecule has 0 bridgehead atoms. The zero-order chi connectivity index (χ0) is 8.91. The van der Waals surface area contributed by atoms with Crippen molar-refractivity contribution in [1.82, 2.24) is 0 Å². The molecule has 0 aliphatic heterocycles. The van der Waals surface area contributed by atoms with Crippen LogP contribution >= 0.6 is 8.60 Å². The molecule has 0 spiro atoms. The molecule has 3 nitrogen and oxygen atoms in total. The molecular weight excluding hydrogens is 179 g/mol. The van der Waals surface area contributed by atoms with Crippen LogP contribution < -0.4 is 0 Å². The lowest BCUT2D eigenvalue weighted by atomic mass is 10.5. The van der Waals surface area contributed by atoms with E-state index >= 15 is 0 Å². The third-order valence-electron chi connectivity index (χ3n) is 1.28. The van der Waals surface area contributed by atoms with Gasteiger partial charge in [-0.25, -0.2) is 0 Å². The van der Waals surface area contributed by atoms with Gasteiger partial charge in [0, 0.05) is 8.07 Å². The zero-order valence-electron chi connectivity index (χ0n) is 7.37. The van der Waals surface area contributed by atoms with Gasteiger partial charge in [0.05, 0.1) is 6.61 Å². The molecule has 0 heterocycles. The third-order valence-corrected chi connectivity index (χ3v) is 3.54. The van der Waals surface area contributed by atoms with Crippen molar-refractivity contribution >= 4 is 16.7 Å². The summed E-state index contributed by atoms with van der Waals surface area (Å²) in [6.07, 6.45) is 0.940. The summed E-state index contributed by atoms with van der Waals surface area (Å²) in [6.45, 7) is 7.33. The maximum atomic E-state index is 8.39. The smallest absolute Gasteiger partial charge is 0.327 e. The van der Waals surface area contributed by atoms with Gasteiger partial charge in [-0.1, -0.05) is 25.7 Å². The standard InChI is InChI=1S/C6H17O3PSi/c1-11(2,3)6-4-5-9-10(7)8/h7-8H,4-6H2,1-3H3. The van der Waals surface area contributed by atoms with Crippen LogP contribution in [0.2, 0.25) is 25.7 Å². The van der Waals surface area contributed by atoms with E-state index in [1.165, 1.54) is 6.04 Å². The minimum atomic E-state index is -2.13. The Morgan fingerprint density at radius 2 is 1.82 bits per heavy atom. The Bertz CT molecular complexity index is 102. The van der Waals surface area contributed by atoms with Gasteiger partial charge in [0.2, 0.25) is 0 Å². The Balaban J connectivity index is 3.15. The highest BCUT2D eigenvalue weighted by molar-refractivity contribution is 7.39. The number of hydrogen-bond acceptors (Lipinski definition) is 3. The van der Waals surface area contributed by atoms with E-state index in [1.54, 1.807) is 0 Å². The van der Waals surface area contributed by atoms with Crippen LogP contribution in [0.25, 0.3) is 0 Å². The maximum Gasteiger partial charge on any atom is 0.327 e. The molecule has 0 aliphatic rings. The van der Waals surface area contributed by atoms with E-state index < -0.39 is 16.7 Å². The highest BCUT2D eigenvalue weighted by Crippen LogP contribution is 2.25. The van der Waals surface area contributed by atoms with Gasteiger partial charge < -0.3 is 14.3 Å². The minimum Gasteiger partial charge on any atom is -0.328 e. The van der Waals surface area contributed by atoms with E-state index in [2.05, 4.69) is 24.2 Å². The third kappa shape index (κ3) is 10.5. The first kappa shape index (κ1) is 11.5. The van der Waals surface area contributed by atoms with Gasteiger partial charge in [-0.3, -0.25) is 0 Å². The molecule has 0 rings (SSSR count). The van der Waals surface area contributed by atoms with Gasteiger partial charge in [-0.2, -0.15) is 0 Å². The second-order valence-electron chi connectivity index (χ2n) is 3.75. The molecule has 5 heteroatoms. The summed E-state index contributed by atoms with van der Waals surface area (Å²) in [5, 5.41) is 0. The van der Waals surface area contributed by atoms with Crippen molar-refractivity contribution in [3.8, 4) is 0 Å². The van der Waals surface area contributed by atoms with Crippen molar-refractivity contribution in [2.75, 3.05) is 6.61 Å². The molecule has 0 aromatic rings. The normalized spacial score (nSPS) is 12.5. The van der Waals surface area contributed by atoms with Crippen LogP contribution in [0.1, 0.15) is 6.42 Å². The first-order chi connectivity index (χ1) is 4.92. The Kier molecular flexibility index (Phi) is 5.47. The fourth-order valence-electron chi connectivity index (χ4n) is 0.749. The lowest BCUT2D eigenvalue weighted by Gasteiger charge is -2.14. The Hall–Kier alpha value is 0.527. The second-order valence-corrected chi connectivity index (χ2v) is 10.1. The summed E-state index contributed by atoms with van der Waals surface area (Å²) < 4.78 is 4.64. The van der Waals surface area contributed by atoms with Crippen molar-refractivity contribution in [1.29, 1.82) is 0 Å². The van der Waals surface area contributed by atoms with Crippen LogP contribution in [-0.4, -0.2) is 24.5 Å². The quantitative estimate of drug-likeness (QED) is 0.401. The zero-order valence-corrected chi connectivity index (χ0v) is 9.27. The van der Waals surface area contributed by atoms with Crippen LogP contribution in [0.5, 0.6) is 0 Å². The maximum absolute atomic E-state index is 8.39. The van der Waals surface area contributed by atoms with Gasteiger partial charge in [-0.15, -0.1) is 0 Å². The van der Waals surface area contributed by atoms with Crippen LogP contribution in [0.3, 0.4) is 0 Å². The van der Waals surface area contributed by atoms with Crippen molar-refractivity contribution in [2.45, 2.75) is 32.1 Å². The summed E-state index contributed by atoms with van der Waals surface area (Å²) in [5.41, 5.74) is 0. The summed E-state index contributed by atoms with van der Waals surface area (Å²) in [7, 11) is -3.10. The number of rotatable bonds is 5. The van der Waals surface area contributed by atoms with Crippen molar-refractivity contribution in [3.63, 3.8) is 0 Å². The molecule has 0 aromatic heterocycles. The van der Waals surface area contributed by atoms with Crippen molar-refractivity contribution in [2.24, 2.45) is 0 Å². The second kappa shape index (κ2) is 5.22. The average molecular weight is 196 g/mol. The molecule has 68 valence electrons. The summed E-state index contributed by atoms with van der Waals surface area (Å²) >= 11 is 0. The molecule has 11 heavy (non-hydrogen) atoms. The van der Waals surface area contributed by atoms with E-state index in [4.69, 9.17) is 9.79 Å². The molecule has 0 amide bonds. The molecule has 0 fully saturated rings. The fraction of sp³-hybridized carbons (Fsp3) is 1.00. The van der Waals surface area contributed by atoms with E-state index in [0.717, 1.165) is 6.42 Å². The van der Waals surface area contributed by atoms with Gasteiger partial charge >= 0.3 is 8.60 Å². The van der Waals surface area contributed by atoms with E-state index in [9.17, 15) is 0 Å². The monoisotopic (exact) mass is 196 g/mol. The van der Waals surface area contributed by atoms with Crippen LogP contribution in [0, 0.1) is 0 Å². The SMILES string of the molecule is C[Si](C)(C)CCCOP(O)O. The predicted molar refractivity (Wildman–Crippen MR) is 50.1 cm³/mol. The fourth-order valence-corrected chi connectivity index (χ4v) is 2.25. The summed E-state index contributed by atoms with van der Waals surface area (Å²) in [4.78, 5) is 16.8. The lowest BCUT2D eigenvalue weighted by Crippen LogP contribution is -2.19. The largest absolute Gasteiger partial charge is 0.328 e. The molecule has 0 radical (unpaired) electrons.